The lowest BCUT2D eigenvalue weighted by Gasteiger charge is -2.18. The lowest BCUT2D eigenvalue weighted by atomic mass is 10.2. The van der Waals surface area contributed by atoms with E-state index in [1.807, 2.05) is 13.8 Å². The summed E-state index contributed by atoms with van der Waals surface area (Å²) in [6.07, 6.45) is 1.38. The van der Waals surface area contributed by atoms with E-state index in [1.54, 1.807) is 6.92 Å². The van der Waals surface area contributed by atoms with Crippen LogP contribution in [0, 0.1) is 0 Å². The summed E-state index contributed by atoms with van der Waals surface area (Å²) in [5, 5.41) is -0.401. The van der Waals surface area contributed by atoms with Gasteiger partial charge < -0.3 is 5.73 Å². The summed E-state index contributed by atoms with van der Waals surface area (Å²) in [6.45, 7) is 5.46. The number of nitrogens with two attached hydrogens (primary N) is 1. The van der Waals surface area contributed by atoms with Crippen molar-refractivity contribution >= 4 is 9.84 Å². The predicted octanol–water partition coefficient (Wildman–Crippen LogP) is 0.937. The molecule has 0 aliphatic rings. The first kappa shape index (κ1) is 11.9. The minimum atomic E-state index is -2.95. The molecule has 0 saturated carbocycles. The molecule has 3 nitrogen and oxygen atoms in total. The Hall–Kier alpha value is -0.0900. The van der Waals surface area contributed by atoms with Gasteiger partial charge in [0.2, 0.25) is 0 Å². The Bertz CT molecular complexity index is 211. The molecule has 0 fully saturated rings. The van der Waals surface area contributed by atoms with Gasteiger partial charge in [-0.25, -0.2) is 8.42 Å². The molecule has 0 aliphatic heterocycles. The molecule has 0 radical (unpaired) electrons. The van der Waals surface area contributed by atoms with Crippen LogP contribution < -0.4 is 5.73 Å². The molecule has 0 rings (SSSR count). The number of rotatable bonds is 5. The van der Waals surface area contributed by atoms with Gasteiger partial charge in [0.25, 0.3) is 0 Å². The first-order chi connectivity index (χ1) is 5.45. The van der Waals surface area contributed by atoms with Crippen molar-refractivity contribution in [2.24, 2.45) is 5.73 Å². The van der Waals surface area contributed by atoms with Crippen molar-refractivity contribution in [2.45, 2.75) is 44.9 Å². The standard InChI is InChI=1S/C8H19NO2S/c1-4-6-12(10,11)7(3)8(9)5-2/h7-8H,4-6,9H2,1-3H3. The highest BCUT2D eigenvalue weighted by atomic mass is 32.2. The molecule has 2 atom stereocenters. The van der Waals surface area contributed by atoms with Gasteiger partial charge in [-0.2, -0.15) is 0 Å². The summed E-state index contributed by atoms with van der Waals surface area (Å²) in [7, 11) is -2.95. The predicted molar refractivity (Wildman–Crippen MR) is 51.8 cm³/mol. The SMILES string of the molecule is CCCS(=O)(=O)C(C)C(N)CC. The van der Waals surface area contributed by atoms with E-state index in [0.717, 1.165) is 0 Å². The summed E-state index contributed by atoms with van der Waals surface area (Å²) in [5.41, 5.74) is 5.65. The molecule has 0 amide bonds. The fraction of sp³-hybridized carbons (Fsp3) is 1.00. The molecule has 0 aromatic heterocycles. The Balaban J connectivity index is 4.35. The molecule has 2 unspecified atom stereocenters. The van der Waals surface area contributed by atoms with Gasteiger partial charge in [-0.3, -0.25) is 0 Å². The normalized spacial score (nSPS) is 17.3. The molecule has 0 aromatic carbocycles. The fourth-order valence-corrected chi connectivity index (χ4v) is 2.73. The summed E-state index contributed by atoms with van der Waals surface area (Å²) >= 11 is 0. The smallest absolute Gasteiger partial charge is 0.154 e. The zero-order valence-corrected chi connectivity index (χ0v) is 8.89. The molecule has 4 heteroatoms. The van der Waals surface area contributed by atoms with Crippen molar-refractivity contribution in [1.82, 2.24) is 0 Å². The molecule has 0 spiro atoms. The van der Waals surface area contributed by atoms with Gasteiger partial charge in [0.15, 0.2) is 9.84 Å². The Labute approximate surface area is 75.3 Å². The van der Waals surface area contributed by atoms with Crippen LogP contribution in [-0.4, -0.2) is 25.5 Å². The first-order valence-electron chi connectivity index (χ1n) is 4.42. The quantitative estimate of drug-likeness (QED) is 0.707. The second kappa shape index (κ2) is 4.82. The van der Waals surface area contributed by atoms with E-state index in [0.29, 0.717) is 12.8 Å². The zero-order chi connectivity index (χ0) is 9.78. The van der Waals surface area contributed by atoms with E-state index >= 15 is 0 Å². The second-order valence-electron chi connectivity index (χ2n) is 3.14. The third kappa shape index (κ3) is 3.11. The third-order valence-corrected chi connectivity index (χ3v) is 4.59. The Morgan fingerprint density at radius 2 is 1.83 bits per heavy atom. The zero-order valence-electron chi connectivity index (χ0n) is 8.08. The monoisotopic (exact) mass is 193 g/mol. The van der Waals surface area contributed by atoms with Gasteiger partial charge >= 0.3 is 0 Å². The largest absolute Gasteiger partial charge is 0.327 e. The second-order valence-corrected chi connectivity index (χ2v) is 5.62. The highest BCUT2D eigenvalue weighted by molar-refractivity contribution is 7.92. The van der Waals surface area contributed by atoms with Gasteiger partial charge in [-0.15, -0.1) is 0 Å². The fourth-order valence-electron chi connectivity index (χ4n) is 1.07. The maximum absolute atomic E-state index is 11.5. The highest BCUT2D eigenvalue weighted by Crippen LogP contribution is 2.08. The van der Waals surface area contributed by atoms with Crippen molar-refractivity contribution in [3.8, 4) is 0 Å². The van der Waals surface area contributed by atoms with Crippen molar-refractivity contribution in [2.75, 3.05) is 5.75 Å². The van der Waals surface area contributed by atoms with Crippen LogP contribution in [0.25, 0.3) is 0 Å². The van der Waals surface area contributed by atoms with Gasteiger partial charge in [0.05, 0.1) is 11.0 Å². The van der Waals surface area contributed by atoms with Gasteiger partial charge in [0.1, 0.15) is 0 Å². The first-order valence-corrected chi connectivity index (χ1v) is 6.14. The topological polar surface area (TPSA) is 60.2 Å². The van der Waals surface area contributed by atoms with Crippen LogP contribution in [0.4, 0.5) is 0 Å². The van der Waals surface area contributed by atoms with Crippen LogP contribution in [0.3, 0.4) is 0 Å². The van der Waals surface area contributed by atoms with E-state index in [1.165, 1.54) is 0 Å². The molecular formula is C8H19NO2S. The molecular weight excluding hydrogens is 174 g/mol. The van der Waals surface area contributed by atoms with E-state index < -0.39 is 15.1 Å². The van der Waals surface area contributed by atoms with E-state index in [9.17, 15) is 8.42 Å². The summed E-state index contributed by atoms with van der Waals surface area (Å²) in [5.74, 6) is 0.252. The summed E-state index contributed by atoms with van der Waals surface area (Å²) in [6, 6.07) is -0.221. The van der Waals surface area contributed by atoms with Gasteiger partial charge in [-0.05, 0) is 19.8 Å². The minimum Gasteiger partial charge on any atom is -0.327 e. The summed E-state index contributed by atoms with van der Waals surface area (Å²) in [4.78, 5) is 0. The molecule has 2 N–H and O–H groups in total. The molecule has 12 heavy (non-hydrogen) atoms. The molecule has 0 saturated heterocycles. The van der Waals surface area contributed by atoms with Crippen LogP contribution in [0.5, 0.6) is 0 Å². The molecule has 0 aromatic rings. The van der Waals surface area contributed by atoms with Crippen LogP contribution in [0.1, 0.15) is 33.6 Å². The van der Waals surface area contributed by atoms with E-state index in [2.05, 4.69) is 0 Å². The Morgan fingerprint density at radius 3 is 2.17 bits per heavy atom. The van der Waals surface area contributed by atoms with Crippen LogP contribution >= 0.6 is 0 Å². The maximum Gasteiger partial charge on any atom is 0.154 e. The Morgan fingerprint density at radius 1 is 1.33 bits per heavy atom. The Kier molecular flexibility index (Phi) is 4.78. The lowest BCUT2D eigenvalue weighted by Crippen LogP contribution is -2.38. The van der Waals surface area contributed by atoms with Crippen molar-refractivity contribution in [1.29, 1.82) is 0 Å². The van der Waals surface area contributed by atoms with Crippen molar-refractivity contribution < 1.29 is 8.42 Å². The lowest BCUT2D eigenvalue weighted by molar-refractivity contribution is 0.551. The average Bonchev–Trinajstić information content (AvgIpc) is 2.01. The molecule has 0 aliphatic carbocycles. The number of hydrogen-bond acceptors (Lipinski definition) is 3. The van der Waals surface area contributed by atoms with Crippen LogP contribution in [0.2, 0.25) is 0 Å². The summed E-state index contributed by atoms with van der Waals surface area (Å²) < 4.78 is 22.9. The molecule has 0 heterocycles. The highest BCUT2D eigenvalue weighted by Gasteiger charge is 2.24. The van der Waals surface area contributed by atoms with Crippen LogP contribution in [0.15, 0.2) is 0 Å². The van der Waals surface area contributed by atoms with E-state index in [4.69, 9.17) is 5.73 Å². The van der Waals surface area contributed by atoms with Gasteiger partial charge in [0, 0.05) is 6.04 Å². The minimum absolute atomic E-state index is 0.221. The molecule has 0 bridgehead atoms. The third-order valence-electron chi connectivity index (χ3n) is 2.13. The van der Waals surface area contributed by atoms with Crippen molar-refractivity contribution in [3.05, 3.63) is 0 Å². The maximum atomic E-state index is 11.5. The van der Waals surface area contributed by atoms with Crippen molar-refractivity contribution in [3.63, 3.8) is 0 Å². The number of hydrogen-bond donors (Lipinski definition) is 1. The number of sulfone groups is 1. The van der Waals surface area contributed by atoms with E-state index in [-0.39, 0.29) is 11.8 Å². The van der Waals surface area contributed by atoms with Crippen LogP contribution in [-0.2, 0) is 9.84 Å². The average molecular weight is 193 g/mol. The van der Waals surface area contributed by atoms with Gasteiger partial charge in [-0.1, -0.05) is 13.8 Å². The molecule has 74 valence electrons.